The van der Waals surface area contributed by atoms with E-state index in [1.54, 1.807) is 0 Å². The fraction of sp³-hybridized carbons (Fsp3) is 1.00. The number of rotatable bonds is 3. The summed E-state index contributed by atoms with van der Waals surface area (Å²) < 4.78 is 0. The molecule has 1 aliphatic rings. The maximum Gasteiger partial charge on any atom is 0.0461 e. The Bertz CT molecular complexity index is 122. The van der Waals surface area contributed by atoms with Gasteiger partial charge in [-0.15, -0.1) is 0 Å². The minimum Gasteiger partial charge on any atom is -0.396 e. The highest BCUT2D eigenvalue weighted by Crippen LogP contribution is 2.35. The molecule has 1 heteroatoms. The summed E-state index contributed by atoms with van der Waals surface area (Å²) in [6.45, 7) is 4.96. The molecule has 72 valence electrons. The van der Waals surface area contributed by atoms with Gasteiger partial charge >= 0.3 is 0 Å². The Morgan fingerprint density at radius 2 is 2.08 bits per heavy atom. The lowest BCUT2D eigenvalue weighted by Gasteiger charge is -2.33. The van der Waals surface area contributed by atoms with Gasteiger partial charge in [-0.2, -0.15) is 0 Å². The van der Waals surface area contributed by atoms with Gasteiger partial charge in [0.15, 0.2) is 0 Å². The largest absolute Gasteiger partial charge is 0.396 e. The zero-order valence-corrected chi connectivity index (χ0v) is 8.42. The van der Waals surface area contributed by atoms with Gasteiger partial charge in [0.1, 0.15) is 0 Å². The number of hydrogen-bond donors (Lipinski definition) is 1. The Kier molecular flexibility index (Phi) is 4.07. The monoisotopic (exact) mass is 170 g/mol. The van der Waals surface area contributed by atoms with Crippen LogP contribution in [-0.2, 0) is 0 Å². The molecular formula is C11H22O. The van der Waals surface area contributed by atoms with Gasteiger partial charge in [0.05, 0.1) is 0 Å². The third-order valence-corrected chi connectivity index (χ3v) is 3.39. The third-order valence-electron chi connectivity index (χ3n) is 3.39. The van der Waals surface area contributed by atoms with Gasteiger partial charge in [0.25, 0.3) is 0 Å². The SMILES string of the molecule is CCCC1CC[C@@H](CO)[C@H](C)C1. The van der Waals surface area contributed by atoms with Crippen molar-refractivity contribution in [1.82, 2.24) is 0 Å². The Balaban J connectivity index is 2.30. The average Bonchev–Trinajstić information content (AvgIpc) is 2.05. The first-order valence-corrected chi connectivity index (χ1v) is 5.38. The van der Waals surface area contributed by atoms with E-state index in [0.29, 0.717) is 12.5 Å². The van der Waals surface area contributed by atoms with Crippen molar-refractivity contribution in [2.45, 2.75) is 46.0 Å². The van der Waals surface area contributed by atoms with E-state index in [-0.39, 0.29) is 0 Å². The van der Waals surface area contributed by atoms with Crippen molar-refractivity contribution in [2.24, 2.45) is 17.8 Å². The van der Waals surface area contributed by atoms with E-state index < -0.39 is 0 Å². The van der Waals surface area contributed by atoms with Crippen LogP contribution in [0.15, 0.2) is 0 Å². The third kappa shape index (κ3) is 2.48. The van der Waals surface area contributed by atoms with Crippen molar-refractivity contribution in [3.8, 4) is 0 Å². The molecule has 0 aromatic carbocycles. The van der Waals surface area contributed by atoms with Crippen LogP contribution in [0, 0.1) is 17.8 Å². The second-order valence-electron chi connectivity index (χ2n) is 4.39. The predicted molar refractivity (Wildman–Crippen MR) is 52.0 cm³/mol. The van der Waals surface area contributed by atoms with E-state index in [0.717, 1.165) is 11.8 Å². The summed E-state index contributed by atoms with van der Waals surface area (Å²) in [5.41, 5.74) is 0. The van der Waals surface area contributed by atoms with Crippen LogP contribution in [0.5, 0.6) is 0 Å². The Morgan fingerprint density at radius 3 is 2.58 bits per heavy atom. The highest BCUT2D eigenvalue weighted by atomic mass is 16.3. The van der Waals surface area contributed by atoms with E-state index in [4.69, 9.17) is 5.11 Å². The normalized spacial score (nSPS) is 36.8. The minimum absolute atomic E-state index is 0.403. The quantitative estimate of drug-likeness (QED) is 0.690. The second-order valence-corrected chi connectivity index (χ2v) is 4.39. The molecule has 1 fully saturated rings. The lowest BCUT2D eigenvalue weighted by Crippen LogP contribution is -2.25. The molecule has 0 aromatic heterocycles. The zero-order chi connectivity index (χ0) is 8.97. The summed E-state index contributed by atoms with van der Waals surface area (Å²) in [6.07, 6.45) is 6.66. The molecule has 0 spiro atoms. The molecule has 0 aliphatic heterocycles. The zero-order valence-electron chi connectivity index (χ0n) is 8.42. The molecule has 0 heterocycles. The van der Waals surface area contributed by atoms with Crippen molar-refractivity contribution in [3.05, 3.63) is 0 Å². The van der Waals surface area contributed by atoms with Crippen molar-refractivity contribution in [3.63, 3.8) is 0 Å². The molecule has 0 bridgehead atoms. The summed E-state index contributed by atoms with van der Waals surface area (Å²) in [5, 5.41) is 9.08. The highest BCUT2D eigenvalue weighted by molar-refractivity contribution is 4.76. The van der Waals surface area contributed by atoms with E-state index in [1.165, 1.54) is 32.1 Å². The molecule has 3 atom stereocenters. The molecule has 1 rings (SSSR count). The fourth-order valence-electron chi connectivity index (χ4n) is 2.51. The number of aliphatic hydroxyl groups is 1. The first kappa shape index (κ1) is 10.0. The molecule has 0 amide bonds. The Labute approximate surface area is 76.2 Å². The van der Waals surface area contributed by atoms with Crippen LogP contribution in [0.25, 0.3) is 0 Å². The Hall–Kier alpha value is -0.0400. The molecule has 1 unspecified atom stereocenters. The molecule has 0 radical (unpaired) electrons. The summed E-state index contributed by atoms with van der Waals surface area (Å²) >= 11 is 0. The Morgan fingerprint density at radius 1 is 1.33 bits per heavy atom. The van der Waals surface area contributed by atoms with E-state index >= 15 is 0 Å². The second kappa shape index (κ2) is 4.86. The summed E-state index contributed by atoms with van der Waals surface area (Å²) in [5.74, 6) is 2.30. The summed E-state index contributed by atoms with van der Waals surface area (Å²) in [6, 6.07) is 0. The average molecular weight is 170 g/mol. The maximum absolute atomic E-state index is 9.08. The topological polar surface area (TPSA) is 20.2 Å². The first-order chi connectivity index (χ1) is 5.77. The minimum atomic E-state index is 0.403. The molecule has 1 aliphatic carbocycles. The fourth-order valence-corrected chi connectivity index (χ4v) is 2.51. The maximum atomic E-state index is 9.08. The lowest BCUT2D eigenvalue weighted by molar-refractivity contribution is 0.114. The highest BCUT2D eigenvalue weighted by Gasteiger charge is 2.25. The summed E-state index contributed by atoms with van der Waals surface area (Å²) in [4.78, 5) is 0. The van der Waals surface area contributed by atoms with Crippen LogP contribution >= 0.6 is 0 Å². The molecule has 1 nitrogen and oxygen atoms in total. The van der Waals surface area contributed by atoms with E-state index in [2.05, 4.69) is 13.8 Å². The van der Waals surface area contributed by atoms with E-state index in [9.17, 15) is 0 Å². The van der Waals surface area contributed by atoms with E-state index in [1.807, 2.05) is 0 Å². The van der Waals surface area contributed by atoms with Gasteiger partial charge in [0, 0.05) is 6.61 Å². The van der Waals surface area contributed by atoms with Gasteiger partial charge in [-0.25, -0.2) is 0 Å². The van der Waals surface area contributed by atoms with Crippen LogP contribution in [0.3, 0.4) is 0 Å². The molecule has 1 N–H and O–H groups in total. The molecule has 12 heavy (non-hydrogen) atoms. The van der Waals surface area contributed by atoms with Gasteiger partial charge < -0.3 is 5.11 Å². The van der Waals surface area contributed by atoms with Gasteiger partial charge in [-0.1, -0.05) is 33.1 Å². The van der Waals surface area contributed by atoms with Gasteiger partial charge in [0.2, 0.25) is 0 Å². The van der Waals surface area contributed by atoms with Gasteiger partial charge in [-0.05, 0) is 30.6 Å². The van der Waals surface area contributed by atoms with Crippen LogP contribution in [0.1, 0.15) is 46.0 Å². The number of aliphatic hydroxyl groups excluding tert-OH is 1. The van der Waals surface area contributed by atoms with Crippen molar-refractivity contribution >= 4 is 0 Å². The number of hydrogen-bond acceptors (Lipinski definition) is 1. The van der Waals surface area contributed by atoms with Crippen LogP contribution in [0.4, 0.5) is 0 Å². The van der Waals surface area contributed by atoms with Crippen LogP contribution < -0.4 is 0 Å². The first-order valence-electron chi connectivity index (χ1n) is 5.38. The molecule has 0 saturated heterocycles. The van der Waals surface area contributed by atoms with Crippen LogP contribution in [-0.4, -0.2) is 11.7 Å². The van der Waals surface area contributed by atoms with Gasteiger partial charge in [-0.3, -0.25) is 0 Å². The van der Waals surface area contributed by atoms with Crippen LogP contribution in [0.2, 0.25) is 0 Å². The molecule has 1 saturated carbocycles. The molecular weight excluding hydrogens is 148 g/mol. The predicted octanol–water partition coefficient (Wildman–Crippen LogP) is 2.83. The van der Waals surface area contributed by atoms with Crippen molar-refractivity contribution < 1.29 is 5.11 Å². The van der Waals surface area contributed by atoms with Crippen molar-refractivity contribution in [1.29, 1.82) is 0 Å². The molecule has 0 aromatic rings. The smallest absolute Gasteiger partial charge is 0.0461 e. The standard InChI is InChI=1S/C11H22O/c1-3-4-10-5-6-11(8-12)9(2)7-10/h9-12H,3-8H2,1-2H3/t9-,10?,11+/m1/s1. The van der Waals surface area contributed by atoms with Crippen molar-refractivity contribution in [2.75, 3.05) is 6.61 Å². The lowest BCUT2D eigenvalue weighted by atomic mass is 9.74. The summed E-state index contributed by atoms with van der Waals surface area (Å²) in [7, 11) is 0.